The molecule has 1 aromatic rings. The molecule has 0 aliphatic heterocycles. The SMILES string of the molecule is C#CCO.CCCCCCCCBr.CCCCCCCCn1ccnn1.CCO.[N-]=[N+]=[N-].[Na+]. The van der Waals surface area contributed by atoms with Gasteiger partial charge >= 0.3 is 29.6 Å². The summed E-state index contributed by atoms with van der Waals surface area (Å²) in [4.78, 5) is 1.50. The van der Waals surface area contributed by atoms with Gasteiger partial charge in [-0.3, -0.25) is 9.59 Å². The molecule has 0 atom stereocenters. The zero-order valence-electron chi connectivity index (χ0n) is 21.5. The fourth-order valence-corrected chi connectivity index (χ4v) is 2.68. The predicted octanol–water partition coefficient (Wildman–Crippen LogP) is 3.86. The van der Waals surface area contributed by atoms with E-state index in [4.69, 9.17) is 21.3 Å². The zero-order chi connectivity index (χ0) is 25.1. The fraction of sp³-hybridized carbons (Fsp3) is 0.826. The molecule has 0 bridgehead atoms. The van der Waals surface area contributed by atoms with Crippen LogP contribution in [0.3, 0.4) is 0 Å². The van der Waals surface area contributed by atoms with Crippen LogP contribution < -0.4 is 29.6 Å². The Morgan fingerprint density at radius 3 is 1.64 bits per heavy atom. The molecule has 0 fully saturated rings. The van der Waals surface area contributed by atoms with E-state index in [9.17, 15) is 0 Å². The maximum atomic E-state index is 7.64. The van der Waals surface area contributed by atoms with Gasteiger partial charge in [0.25, 0.3) is 0 Å². The largest absolute Gasteiger partial charge is 1.00 e. The van der Waals surface area contributed by atoms with Crippen molar-refractivity contribution < 1.29 is 39.8 Å². The van der Waals surface area contributed by atoms with Gasteiger partial charge in [0.2, 0.25) is 0 Å². The molecule has 1 rings (SSSR count). The Morgan fingerprint density at radius 2 is 1.30 bits per heavy atom. The molecule has 0 aliphatic carbocycles. The molecule has 0 aliphatic rings. The van der Waals surface area contributed by atoms with Crippen molar-refractivity contribution >= 4 is 15.9 Å². The van der Waals surface area contributed by atoms with E-state index in [2.05, 4.69) is 46.5 Å². The molecule has 1 aromatic heterocycles. The number of aliphatic hydroxyl groups is 2. The third-order valence-electron chi connectivity index (χ3n) is 3.79. The minimum atomic E-state index is -0.153. The minimum Gasteiger partial charge on any atom is -0.397 e. The number of terminal acetylenes is 1. The molecule has 0 saturated heterocycles. The summed E-state index contributed by atoms with van der Waals surface area (Å²) in [6, 6.07) is 0. The third kappa shape index (κ3) is 59.3. The number of alkyl halides is 1. The van der Waals surface area contributed by atoms with E-state index >= 15 is 0 Å². The average molecular weight is 542 g/mol. The van der Waals surface area contributed by atoms with Crippen molar-refractivity contribution in [3.05, 3.63) is 28.4 Å². The van der Waals surface area contributed by atoms with Gasteiger partial charge in [0.05, 0.1) is 6.20 Å². The summed E-state index contributed by atoms with van der Waals surface area (Å²) in [5.74, 6) is 1.99. The average Bonchev–Trinajstić information content (AvgIpc) is 3.31. The van der Waals surface area contributed by atoms with Crippen LogP contribution in [0.2, 0.25) is 0 Å². The van der Waals surface area contributed by atoms with Crippen LogP contribution in [0.4, 0.5) is 0 Å². The van der Waals surface area contributed by atoms with Crippen LogP contribution in [0.5, 0.6) is 0 Å². The molecule has 33 heavy (non-hydrogen) atoms. The van der Waals surface area contributed by atoms with E-state index in [0.29, 0.717) is 0 Å². The molecule has 0 amide bonds. The monoisotopic (exact) mass is 540 g/mol. The van der Waals surface area contributed by atoms with Crippen LogP contribution in [-0.2, 0) is 6.54 Å². The molecule has 0 aromatic carbocycles. The fourth-order valence-electron chi connectivity index (χ4n) is 2.28. The van der Waals surface area contributed by atoms with Crippen LogP contribution in [0, 0.1) is 12.3 Å². The maximum absolute atomic E-state index is 7.64. The summed E-state index contributed by atoms with van der Waals surface area (Å²) in [6.07, 6.45) is 24.6. The second-order valence-electron chi connectivity index (χ2n) is 6.66. The molecule has 8 nitrogen and oxygen atoms in total. The molecule has 0 unspecified atom stereocenters. The first-order valence-electron chi connectivity index (χ1n) is 11.6. The Labute approximate surface area is 233 Å². The van der Waals surface area contributed by atoms with Gasteiger partial charge in [-0.25, -0.2) is 0 Å². The van der Waals surface area contributed by atoms with E-state index in [1.165, 1.54) is 87.3 Å². The number of nitrogens with zero attached hydrogens (tertiary/aromatic N) is 6. The quantitative estimate of drug-likeness (QED) is 0.0747. The standard InChI is InChI=1S/C10H19N3.C8H17Br.C3H4O.C2H6O.N3.Na/c1-2-3-4-5-6-7-9-13-10-8-11-12-13;1-2-3-4-5-6-7-8-9;1-2-3-4;1-2-3;1-3-2;/h8,10H,2-7,9H2,1H3;2-8H2,1H3;1,4H,3H2;3H,2H2,1H3;;/q;;;;-1;+1. The summed E-state index contributed by atoms with van der Waals surface area (Å²) >= 11 is 3.42. The number of rotatable bonds is 13. The van der Waals surface area contributed by atoms with Gasteiger partial charge in [-0.05, 0) is 19.8 Å². The summed E-state index contributed by atoms with van der Waals surface area (Å²) in [5, 5.41) is 24.1. The van der Waals surface area contributed by atoms with Gasteiger partial charge in [-0.1, -0.05) is 105 Å². The second kappa shape index (κ2) is 48.7. The van der Waals surface area contributed by atoms with Gasteiger partial charge in [0, 0.05) is 24.7 Å². The number of aromatic nitrogens is 3. The molecule has 0 spiro atoms. The first-order valence-corrected chi connectivity index (χ1v) is 12.8. The van der Waals surface area contributed by atoms with Crippen molar-refractivity contribution in [2.75, 3.05) is 18.5 Å². The number of aryl methyl sites for hydroxylation is 1. The van der Waals surface area contributed by atoms with Crippen molar-refractivity contribution in [2.45, 2.75) is 104 Å². The summed E-state index contributed by atoms with van der Waals surface area (Å²) in [7, 11) is 0. The molecule has 2 N–H and O–H groups in total. The number of hydrogen-bond donors (Lipinski definition) is 2. The van der Waals surface area contributed by atoms with Gasteiger partial charge < -0.3 is 21.3 Å². The van der Waals surface area contributed by atoms with Gasteiger partial charge in [0.1, 0.15) is 6.61 Å². The number of hydrogen-bond acceptors (Lipinski definition) is 4. The second-order valence-corrected chi connectivity index (χ2v) is 7.45. The van der Waals surface area contributed by atoms with Crippen molar-refractivity contribution in [2.24, 2.45) is 0 Å². The van der Waals surface area contributed by atoms with Crippen molar-refractivity contribution in [3.63, 3.8) is 0 Å². The minimum absolute atomic E-state index is 0. The van der Waals surface area contributed by atoms with Crippen molar-refractivity contribution in [1.82, 2.24) is 15.0 Å². The van der Waals surface area contributed by atoms with Crippen LogP contribution in [-0.4, -0.2) is 43.8 Å². The first-order chi connectivity index (χ1) is 15.6. The first kappa shape index (κ1) is 42.6. The molecule has 0 saturated carbocycles. The topological polar surface area (TPSA) is 130 Å². The molecular weight excluding hydrogens is 495 g/mol. The Hall–Kier alpha value is -0.590. The third-order valence-corrected chi connectivity index (χ3v) is 4.35. The summed E-state index contributed by atoms with van der Waals surface area (Å²) in [6.45, 7) is 7.30. The Morgan fingerprint density at radius 1 is 0.909 bits per heavy atom. The Kier molecular flexibility index (Phi) is 62.9. The van der Waals surface area contributed by atoms with Crippen LogP contribution in [0.25, 0.3) is 16.0 Å². The van der Waals surface area contributed by atoms with E-state index in [-0.39, 0.29) is 42.8 Å². The molecule has 1 heterocycles. The van der Waals surface area contributed by atoms with Gasteiger partial charge in [0.15, 0.2) is 0 Å². The van der Waals surface area contributed by atoms with Crippen molar-refractivity contribution in [1.29, 1.82) is 0 Å². The summed E-state index contributed by atoms with van der Waals surface area (Å²) in [5.41, 5.74) is 13.5. The van der Waals surface area contributed by atoms with Gasteiger partial charge in [-0.2, -0.15) is 0 Å². The normalized spacial score (nSPS) is 8.27. The maximum Gasteiger partial charge on any atom is 1.00 e. The number of halogens is 1. The smallest absolute Gasteiger partial charge is 0.397 e. The Bertz CT molecular complexity index is 476. The van der Waals surface area contributed by atoms with E-state index < -0.39 is 0 Å². The number of aliphatic hydroxyl groups excluding tert-OH is 2. The number of unbranched alkanes of at least 4 members (excludes halogenated alkanes) is 10. The van der Waals surface area contributed by atoms with Crippen LogP contribution in [0.15, 0.2) is 12.4 Å². The van der Waals surface area contributed by atoms with E-state index in [1.54, 1.807) is 13.1 Å². The van der Waals surface area contributed by atoms with E-state index in [1.807, 2.05) is 16.8 Å². The summed E-state index contributed by atoms with van der Waals surface area (Å²) < 4.78 is 1.90. The Balaban J connectivity index is -0.000000114. The molecule has 188 valence electrons. The van der Waals surface area contributed by atoms with Gasteiger partial charge in [-0.15, -0.1) is 11.5 Å². The molecule has 0 radical (unpaired) electrons. The zero-order valence-corrected chi connectivity index (χ0v) is 25.1. The van der Waals surface area contributed by atoms with Crippen molar-refractivity contribution in [3.8, 4) is 12.3 Å². The molecular formula is C23H46BrN6NaO2. The molecule has 10 heteroatoms. The van der Waals surface area contributed by atoms with Crippen LogP contribution in [0.1, 0.15) is 97.8 Å². The van der Waals surface area contributed by atoms with Crippen LogP contribution >= 0.6 is 15.9 Å². The van der Waals surface area contributed by atoms with E-state index in [0.717, 1.165) is 6.54 Å². The predicted molar refractivity (Wildman–Crippen MR) is 139 cm³/mol.